The number of tetrazole rings is 1. The van der Waals surface area contributed by atoms with Crippen molar-refractivity contribution in [3.63, 3.8) is 0 Å². The lowest BCUT2D eigenvalue weighted by Gasteiger charge is -2.03. The Morgan fingerprint density at radius 2 is 2.17 bits per heavy atom. The Hall–Kier alpha value is -2.28. The normalized spacial score (nSPS) is 10.7. The van der Waals surface area contributed by atoms with Gasteiger partial charge in [0.2, 0.25) is 0 Å². The van der Waals surface area contributed by atoms with Gasteiger partial charge in [0.1, 0.15) is 5.82 Å². The average Bonchev–Trinajstić information content (AvgIpc) is 3.00. The number of anilines is 1. The second-order valence-corrected chi connectivity index (χ2v) is 4.41. The van der Waals surface area contributed by atoms with Gasteiger partial charge in [-0.2, -0.15) is 16.0 Å². The molecule has 2 aromatic heterocycles. The van der Waals surface area contributed by atoms with Crippen LogP contribution in [0.5, 0.6) is 0 Å². The number of thiophene rings is 1. The van der Waals surface area contributed by atoms with E-state index in [9.17, 15) is 4.39 Å². The van der Waals surface area contributed by atoms with Gasteiger partial charge in [-0.05, 0) is 40.1 Å². The molecule has 5 nitrogen and oxygen atoms in total. The number of nitrogen functional groups attached to an aromatic ring is 1. The van der Waals surface area contributed by atoms with Crippen LogP contribution in [0.2, 0.25) is 0 Å². The monoisotopic (exact) mass is 261 g/mol. The van der Waals surface area contributed by atoms with Gasteiger partial charge in [-0.15, -0.1) is 5.10 Å². The fourth-order valence-electron chi connectivity index (χ4n) is 1.59. The molecular weight excluding hydrogens is 253 g/mol. The van der Waals surface area contributed by atoms with Gasteiger partial charge in [0.05, 0.1) is 11.4 Å². The Bertz CT molecular complexity index is 677. The Kier molecular flexibility index (Phi) is 2.52. The molecule has 0 bridgehead atoms. The van der Waals surface area contributed by atoms with E-state index in [1.807, 2.05) is 16.8 Å². The summed E-state index contributed by atoms with van der Waals surface area (Å²) in [5.41, 5.74) is 6.97. The van der Waals surface area contributed by atoms with E-state index in [4.69, 9.17) is 5.73 Å². The number of halogens is 1. The van der Waals surface area contributed by atoms with Crippen LogP contribution in [-0.4, -0.2) is 20.2 Å². The Morgan fingerprint density at radius 3 is 2.89 bits per heavy atom. The fraction of sp³-hybridized carbons (Fsp3) is 0. The van der Waals surface area contributed by atoms with E-state index in [1.54, 1.807) is 10.7 Å². The fourth-order valence-corrected chi connectivity index (χ4v) is 2.20. The molecule has 0 aliphatic rings. The molecular formula is C11H8FN5S. The summed E-state index contributed by atoms with van der Waals surface area (Å²) in [6, 6.07) is 6.40. The Balaban J connectivity index is 2.13. The van der Waals surface area contributed by atoms with Crippen molar-refractivity contribution in [2.75, 3.05) is 5.73 Å². The minimum Gasteiger partial charge on any atom is -0.396 e. The molecule has 2 heterocycles. The zero-order valence-corrected chi connectivity index (χ0v) is 9.93. The van der Waals surface area contributed by atoms with Crippen LogP contribution in [0.15, 0.2) is 35.0 Å². The lowest BCUT2D eigenvalue weighted by atomic mass is 10.2. The number of rotatable bonds is 2. The highest BCUT2D eigenvalue weighted by atomic mass is 32.1. The third kappa shape index (κ3) is 1.74. The lowest BCUT2D eigenvalue weighted by Crippen LogP contribution is -1.99. The zero-order valence-electron chi connectivity index (χ0n) is 9.12. The predicted octanol–water partition coefficient (Wildman–Crippen LogP) is 2.11. The van der Waals surface area contributed by atoms with Gasteiger partial charge in [-0.3, -0.25) is 0 Å². The maximum absolute atomic E-state index is 13.4. The highest BCUT2D eigenvalue weighted by molar-refractivity contribution is 7.08. The number of nitrogens with zero attached hydrogens (tertiary/aromatic N) is 4. The first-order valence-corrected chi connectivity index (χ1v) is 6.06. The molecule has 7 heteroatoms. The van der Waals surface area contributed by atoms with Crippen molar-refractivity contribution in [2.24, 2.45) is 0 Å². The maximum Gasteiger partial charge on any atom is 0.187 e. The van der Waals surface area contributed by atoms with Crippen LogP contribution in [0, 0.1) is 5.82 Å². The maximum atomic E-state index is 13.4. The van der Waals surface area contributed by atoms with E-state index in [-0.39, 0.29) is 5.69 Å². The van der Waals surface area contributed by atoms with Crippen molar-refractivity contribution < 1.29 is 4.39 Å². The SMILES string of the molecule is Nc1ccc(-c2nnnn2-c2ccsc2)cc1F. The number of nitrogens with two attached hydrogens (primary N) is 1. The molecule has 18 heavy (non-hydrogen) atoms. The van der Waals surface area contributed by atoms with Crippen LogP contribution >= 0.6 is 11.3 Å². The van der Waals surface area contributed by atoms with E-state index >= 15 is 0 Å². The summed E-state index contributed by atoms with van der Waals surface area (Å²) in [5, 5.41) is 15.3. The summed E-state index contributed by atoms with van der Waals surface area (Å²) < 4.78 is 15.0. The van der Waals surface area contributed by atoms with Gasteiger partial charge in [-0.1, -0.05) is 0 Å². The van der Waals surface area contributed by atoms with Crippen molar-refractivity contribution in [1.29, 1.82) is 0 Å². The molecule has 0 aliphatic carbocycles. The van der Waals surface area contributed by atoms with E-state index < -0.39 is 5.82 Å². The third-order valence-corrected chi connectivity index (χ3v) is 3.15. The molecule has 0 unspecified atom stereocenters. The van der Waals surface area contributed by atoms with Crippen LogP contribution in [-0.2, 0) is 0 Å². The van der Waals surface area contributed by atoms with Crippen LogP contribution in [0.25, 0.3) is 17.1 Å². The predicted molar refractivity (Wildman–Crippen MR) is 66.8 cm³/mol. The highest BCUT2D eigenvalue weighted by Crippen LogP contribution is 2.23. The second-order valence-electron chi connectivity index (χ2n) is 3.63. The topological polar surface area (TPSA) is 69.6 Å². The van der Waals surface area contributed by atoms with Crippen molar-refractivity contribution >= 4 is 17.0 Å². The van der Waals surface area contributed by atoms with Crippen LogP contribution in [0.3, 0.4) is 0 Å². The molecule has 0 saturated carbocycles. The van der Waals surface area contributed by atoms with Gasteiger partial charge < -0.3 is 5.73 Å². The van der Waals surface area contributed by atoms with Gasteiger partial charge in [0.25, 0.3) is 0 Å². The van der Waals surface area contributed by atoms with Crippen molar-refractivity contribution in [3.8, 4) is 17.1 Å². The molecule has 3 rings (SSSR count). The van der Waals surface area contributed by atoms with Crippen LogP contribution in [0.4, 0.5) is 10.1 Å². The summed E-state index contributed by atoms with van der Waals surface area (Å²) in [6.07, 6.45) is 0. The molecule has 1 aromatic carbocycles. The summed E-state index contributed by atoms with van der Waals surface area (Å²) >= 11 is 1.54. The zero-order chi connectivity index (χ0) is 12.5. The lowest BCUT2D eigenvalue weighted by molar-refractivity contribution is 0.632. The third-order valence-electron chi connectivity index (χ3n) is 2.48. The van der Waals surface area contributed by atoms with Crippen LogP contribution in [0.1, 0.15) is 0 Å². The molecule has 0 saturated heterocycles. The van der Waals surface area contributed by atoms with E-state index in [0.29, 0.717) is 11.4 Å². The first-order chi connectivity index (χ1) is 8.75. The van der Waals surface area contributed by atoms with Crippen molar-refractivity contribution in [2.45, 2.75) is 0 Å². The average molecular weight is 261 g/mol. The molecule has 0 fully saturated rings. The quantitative estimate of drug-likeness (QED) is 0.717. The van der Waals surface area contributed by atoms with E-state index in [0.717, 1.165) is 5.69 Å². The van der Waals surface area contributed by atoms with Gasteiger partial charge in [0, 0.05) is 10.9 Å². The largest absolute Gasteiger partial charge is 0.396 e. The number of benzene rings is 1. The molecule has 0 radical (unpaired) electrons. The molecule has 0 atom stereocenters. The number of hydrogen-bond donors (Lipinski definition) is 1. The van der Waals surface area contributed by atoms with Crippen molar-refractivity contribution in [3.05, 3.63) is 40.8 Å². The van der Waals surface area contributed by atoms with Gasteiger partial charge >= 0.3 is 0 Å². The van der Waals surface area contributed by atoms with Gasteiger partial charge in [-0.25, -0.2) is 4.39 Å². The number of aromatic nitrogens is 4. The first-order valence-electron chi connectivity index (χ1n) is 5.12. The molecule has 0 spiro atoms. The minimum atomic E-state index is -0.479. The molecule has 0 amide bonds. The van der Waals surface area contributed by atoms with Crippen molar-refractivity contribution in [1.82, 2.24) is 20.2 Å². The Morgan fingerprint density at radius 1 is 1.28 bits per heavy atom. The minimum absolute atomic E-state index is 0.105. The highest BCUT2D eigenvalue weighted by Gasteiger charge is 2.12. The van der Waals surface area contributed by atoms with E-state index in [2.05, 4.69) is 15.5 Å². The number of hydrogen-bond acceptors (Lipinski definition) is 5. The van der Waals surface area contributed by atoms with Crippen LogP contribution < -0.4 is 5.73 Å². The second kappa shape index (κ2) is 4.19. The summed E-state index contributed by atoms with van der Waals surface area (Å²) in [5.74, 6) is -0.000307. The summed E-state index contributed by atoms with van der Waals surface area (Å²) in [6.45, 7) is 0. The molecule has 90 valence electrons. The molecule has 3 aromatic rings. The standard InChI is InChI=1S/C11H8FN5S/c12-9-5-7(1-2-10(9)13)11-14-15-16-17(11)8-3-4-18-6-8/h1-6H,13H2. The smallest absolute Gasteiger partial charge is 0.187 e. The molecule has 0 aliphatic heterocycles. The van der Waals surface area contributed by atoms with Gasteiger partial charge in [0.15, 0.2) is 5.82 Å². The van der Waals surface area contributed by atoms with E-state index in [1.165, 1.54) is 23.5 Å². The summed E-state index contributed by atoms with van der Waals surface area (Å²) in [7, 11) is 0. The first kappa shape index (κ1) is 10.8. The summed E-state index contributed by atoms with van der Waals surface area (Å²) in [4.78, 5) is 0. The molecule has 2 N–H and O–H groups in total. The Labute approximate surface area is 106 Å².